The second-order valence-corrected chi connectivity index (χ2v) is 4.25. The van der Waals surface area contributed by atoms with E-state index in [9.17, 15) is 4.79 Å². The molecule has 5 nitrogen and oxygen atoms in total. The zero-order chi connectivity index (χ0) is 12.4. The Morgan fingerprint density at radius 2 is 2.24 bits per heavy atom. The van der Waals surface area contributed by atoms with Crippen LogP contribution in [0.1, 0.15) is 10.4 Å². The third-order valence-electron chi connectivity index (χ3n) is 2.66. The summed E-state index contributed by atoms with van der Waals surface area (Å²) in [5, 5.41) is 8.95. The number of fused-ring (bicyclic) bond motifs is 1. The highest BCUT2D eigenvalue weighted by Gasteiger charge is 2.07. The van der Waals surface area contributed by atoms with Crippen molar-refractivity contribution in [2.75, 3.05) is 20.6 Å². The van der Waals surface area contributed by atoms with Crippen LogP contribution in [0.3, 0.4) is 0 Å². The monoisotopic (exact) mass is 233 g/mol. The van der Waals surface area contributed by atoms with Crippen LogP contribution in [-0.2, 0) is 6.54 Å². The lowest BCUT2D eigenvalue weighted by atomic mass is 10.2. The van der Waals surface area contributed by atoms with E-state index in [1.807, 2.05) is 18.7 Å². The maximum Gasteiger partial charge on any atom is 0.335 e. The number of imidazole rings is 1. The van der Waals surface area contributed by atoms with E-state index >= 15 is 0 Å². The predicted octanol–water partition coefficient (Wildman–Crippen LogP) is 1.30. The number of carboxylic acids is 1. The van der Waals surface area contributed by atoms with Gasteiger partial charge in [-0.2, -0.15) is 0 Å². The zero-order valence-electron chi connectivity index (χ0n) is 9.92. The zero-order valence-corrected chi connectivity index (χ0v) is 9.92. The Morgan fingerprint density at radius 3 is 2.88 bits per heavy atom. The molecule has 1 aromatic heterocycles. The number of hydrogen-bond acceptors (Lipinski definition) is 3. The number of aromatic carboxylic acids is 1. The van der Waals surface area contributed by atoms with E-state index in [0.717, 1.165) is 24.1 Å². The van der Waals surface area contributed by atoms with Crippen molar-refractivity contribution in [3.05, 3.63) is 30.1 Å². The molecule has 0 atom stereocenters. The molecule has 1 N–H and O–H groups in total. The van der Waals surface area contributed by atoms with Gasteiger partial charge >= 0.3 is 5.97 Å². The number of rotatable bonds is 4. The Bertz CT molecular complexity index is 546. The van der Waals surface area contributed by atoms with Crippen LogP contribution in [0.25, 0.3) is 11.0 Å². The summed E-state index contributed by atoms with van der Waals surface area (Å²) >= 11 is 0. The molecule has 0 saturated carbocycles. The van der Waals surface area contributed by atoms with Gasteiger partial charge in [0.25, 0.3) is 0 Å². The molecule has 0 saturated heterocycles. The summed E-state index contributed by atoms with van der Waals surface area (Å²) in [4.78, 5) is 17.2. The van der Waals surface area contributed by atoms with Crippen molar-refractivity contribution in [3.63, 3.8) is 0 Å². The summed E-state index contributed by atoms with van der Waals surface area (Å²) in [6, 6.07) is 4.99. The minimum atomic E-state index is -0.910. The van der Waals surface area contributed by atoms with Crippen molar-refractivity contribution in [3.8, 4) is 0 Å². The van der Waals surface area contributed by atoms with Crippen LogP contribution >= 0.6 is 0 Å². The number of likely N-dealkylation sites (N-methyl/N-ethyl adjacent to an activating group) is 1. The van der Waals surface area contributed by atoms with Gasteiger partial charge in [-0.05, 0) is 32.3 Å². The molecule has 1 heterocycles. The van der Waals surface area contributed by atoms with Crippen LogP contribution < -0.4 is 0 Å². The summed E-state index contributed by atoms with van der Waals surface area (Å²) in [6.45, 7) is 1.69. The molecule has 0 radical (unpaired) electrons. The average molecular weight is 233 g/mol. The molecule has 0 spiro atoms. The first kappa shape index (κ1) is 11.6. The maximum atomic E-state index is 10.9. The fourth-order valence-corrected chi connectivity index (χ4v) is 1.68. The summed E-state index contributed by atoms with van der Waals surface area (Å²) < 4.78 is 1.97. The highest BCUT2D eigenvalue weighted by atomic mass is 16.4. The fourth-order valence-electron chi connectivity index (χ4n) is 1.68. The van der Waals surface area contributed by atoms with Crippen LogP contribution in [0.4, 0.5) is 0 Å². The Morgan fingerprint density at radius 1 is 1.47 bits per heavy atom. The molecule has 0 fully saturated rings. The maximum absolute atomic E-state index is 10.9. The van der Waals surface area contributed by atoms with Gasteiger partial charge in [-0.25, -0.2) is 9.78 Å². The molecular formula is C12H15N3O2. The summed E-state index contributed by atoms with van der Waals surface area (Å²) in [6.07, 6.45) is 1.75. The van der Waals surface area contributed by atoms with E-state index in [1.165, 1.54) is 0 Å². The first-order chi connectivity index (χ1) is 8.08. The Hall–Kier alpha value is -1.88. The summed E-state index contributed by atoms with van der Waals surface area (Å²) in [7, 11) is 4.00. The lowest BCUT2D eigenvalue weighted by Crippen LogP contribution is -2.18. The number of carbonyl (C=O) groups is 1. The molecule has 1 aromatic carbocycles. The summed E-state index contributed by atoms with van der Waals surface area (Å²) in [5.74, 6) is -0.910. The van der Waals surface area contributed by atoms with Crippen LogP contribution in [-0.4, -0.2) is 46.2 Å². The van der Waals surface area contributed by atoms with Gasteiger partial charge in [-0.1, -0.05) is 0 Å². The number of hydrogen-bond donors (Lipinski definition) is 1. The van der Waals surface area contributed by atoms with E-state index in [0.29, 0.717) is 5.56 Å². The minimum absolute atomic E-state index is 0.295. The SMILES string of the molecule is CN(C)CCn1cnc2ccc(C(=O)O)cc21. The van der Waals surface area contributed by atoms with Crippen LogP contribution in [0.2, 0.25) is 0 Å². The Labute approximate surface area is 99.3 Å². The number of carboxylic acid groups (broad SMARTS) is 1. The first-order valence-electron chi connectivity index (χ1n) is 5.41. The molecule has 90 valence electrons. The van der Waals surface area contributed by atoms with Gasteiger partial charge in [0.1, 0.15) is 0 Å². The van der Waals surface area contributed by atoms with Crippen molar-refractivity contribution in [1.29, 1.82) is 0 Å². The van der Waals surface area contributed by atoms with Crippen molar-refractivity contribution >= 4 is 17.0 Å². The molecular weight excluding hydrogens is 218 g/mol. The van der Waals surface area contributed by atoms with Gasteiger partial charge in [0.15, 0.2) is 0 Å². The average Bonchev–Trinajstić information content (AvgIpc) is 2.68. The lowest BCUT2D eigenvalue weighted by Gasteiger charge is -2.10. The normalized spacial score (nSPS) is 11.2. The second kappa shape index (κ2) is 4.55. The molecule has 0 amide bonds. The topological polar surface area (TPSA) is 58.4 Å². The van der Waals surface area contributed by atoms with Gasteiger partial charge in [0.2, 0.25) is 0 Å². The lowest BCUT2D eigenvalue weighted by molar-refractivity contribution is 0.0697. The van der Waals surface area contributed by atoms with Crippen molar-refractivity contribution in [2.45, 2.75) is 6.54 Å². The van der Waals surface area contributed by atoms with Crippen LogP contribution in [0.5, 0.6) is 0 Å². The molecule has 2 rings (SSSR count). The highest BCUT2D eigenvalue weighted by Crippen LogP contribution is 2.15. The highest BCUT2D eigenvalue weighted by molar-refractivity contribution is 5.92. The van der Waals surface area contributed by atoms with Gasteiger partial charge < -0.3 is 14.6 Å². The molecule has 0 unspecified atom stereocenters. The largest absolute Gasteiger partial charge is 0.478 e. The van der Waals surface area contributed by atoms with E-state index in [2.05, 4.69) is 9.88 Å². The van der Waals surface area contributed by atoms with E-state index < -0.39 is 5.97 Å². The third-order valence-corrected chi connectivity index (χ3v) is 2.66. The Balaban J connectivity index is 2.36. The van der Waals surface area contributed by atoms with Crippen molar-refractivity contribution < 1.29 is 9.90 Å². The smallest absolute Gasteiger partial charge is 0.335 e. The number of aromatic nitrogens is 2. The molecule has 0 aliphatic rings. The molecule has 0 bridgehead atoms. The number of nitrogens with zero attached hydrogens (tertiary/aromatic N) is 3. The minimum Gasteiger partial charge on any atom is -0.478 e. The third kappa shape index (κ3) is 2.45. The van der Waals surface area contributed by atoms with Gasteiger partial charge in [0.05, 0.1) is 22.9 Å². The van der Waals surface area contributed by atoms with Crippen molar-refractivity contribution in [1.82, 2.24) is 14.5 Å². The van der Waals surface area contributed by atoms with E-state index in [4.69, 9.17) is 5.11 Å². The second-order valence-electron chi connectivity index (χ2n) is 4.25. The molecule has 0 aliphatic heterocycles. The standard InChI is InChI=1S/C12H15N3O2/c1-14(2)5-6-15-8-13-10-4-3-9(12(16)17)7-11(10)15/h3-4,7-8H,5-6H2,1-2H3,(H,16,17). The number of benzene rings is 1. The Kier molecular flexibility index (Phi) is 3.10. The molecule has 0 aliphatic carbocycles. The van der Waals surface area contributed by atoms with Crippen LogP contribution in [0, 0.1) is 0 Å². The van der Waals surface area contributed by atoms with Gasteiger partial charge in [-0.3, -0.25) is 0 Å². The van der Waals surface area contributed by atoms with Crippen LogP contribution in [0.15, 0.2) is 24.5 Å². The quantitative estimate of drug-likeness (QED) is 0.864. The van der Waals surface area contributed by atoms with Crippen molar-refractivity contribution in [2.24, 2.45) is 0 Å². The van der Waals surface area contributed by atoms with E-state index in [-0.39, 0.29) is 0 Å². The molecule has 5 heteroatoms. The molecule has 17 heavy (non-hydrogen) atoms. The van der Waals surface area contributed by atoms with E-state index in [1.54, 1.807) is 24.5 Å². The van der Waals surface area contributed by atoms with Gasteiger partial charge in [-0.15, -0.1) is 0 Å². The summed E-state index contributed by atoms with van der Waals surface area (Å²) in [5.41, 5.74) is 1.99. The van der Waals surface area contributed by atoms with Gasteiger partial charge in [0, 0.05) is 13.1 Å². The fraction of sp³-hybridized carbons (Fsp3) is 0.333. The molecule has 2 aromatic rings. The first-order valence-corrected chi connectivity index (χ1v) is 5.41. The predicted molar refractivity (Wildman–Crippen MR) is 65.2 cm³/mol.